The number of hydrogen-bond donors (Lipinski definition) is 0. The molecule has 1 saturated heterocycles. The van der Waals surface area contributed by atoms with Gasteiger partial charge in [-0.15, -0.1) is 11.6 Å². The molecule has 0 aliphatic carbocycles. The van der Waals surface area contributed by atoms with Crippen LogP contribution in [-0.4, -0.2) is 47.4 Å². The molecule has 0 saturated carbocycles. The number of nitro benzene ring substituents is 1. The quantitative estimate of drug-likeness (QED) is 0.485. The van der Waals surface area contributed by atoms with E-state index in [0.29, 0.717) is 13.2 Å². The maximum absolute atomic E-state index is 13.8. The van der Waals surface area contributed by atoms with Gasteiger partial charge in [0.05, 0.1) is 35.1 Å². The van der Waals surface area contributed by atoms with Crippen LogP contribution in [0.1, 0.15) is 10.4 Å². The molecule has 1 atom stereocenters. The molecule has 1 aliphatic rings. The Balaban J connectivity index is 2.18. The van der Waals surface area contributed by atoms with Gasteiger partial charge in [-0.3, -0.25) is 14.9 Å². The van der Waals surface area contributed by atoms with Gasteiger partial charge in [0, 0.05) is 19.2 Å². The van der Waals surface area contributed by atoms with Crippen molar-refractivity contribution in [2.45, 2.75) is 6.10 Å². The molecule has 0 bridgehead atoms. The molecule has 108 valence electrons. The Kier molecular flexibility index (Phi) is 4.51. The molecule has 6 nitrogen and oxygen atoms in total. The number of morpholine rings is 1. The molecule has 8 heteroatoms. The van der Waals surface area contributed by atoms with Gasteiger partial charge in [-0.1, -0.05) is 0 Å². The average Bonchev–Trinajstić information content (AvgIpc) is 2.46. The van der Waals surface area contributed by atoms with Crippen molar-refractivity contribution in [3.05, 3.63) is 39.7 Å². The average molecular weight is 303 g/mol. The van der Waals surface area contributed by atoms with Crippen LogP contribution >= 0.6 is 11.6 Å². The van der Waals surface area contributed by atoms with E-state index in [-0.39, 0.29) is 29.8 Å². The molecule has 0 aromatic heterocycles. The number of non-ortho nitro benzene ring substituents is 1. The van der Waals surface area contributed by atoms with Crippen molar-refractivity contribution in [2.24, 2.45) is 0 Å². The minimum absolute atomic E-state index is 0.189. The molecule has 1 fully saturated rings. The van der Waals surface area contributed by atoms with Gasteiger partial charge in [-0.05, 0) is 6.07 Å². The smallest absolute Gasteiger partial charge is 0.272 e. The number of carbonyl (C=O) groups is 1. The Morgan fingerprint density at radius 3 is 2.95 bits per heavy atom. The third-order valence-electron chi connectivity index (χ3n) is 2.99. The van der Waals surface area contributed by atoms with Crippen molar-refractivity contribution in [1.82, 2.24) is 4.90 Å². The maximum atomic E-state index is 13.8. The number of benzene rings is 1. The Hall–Kier alpha value is -1.73. The standard InChI is InChI=1S/C12H12ClFN2O4/c13-6-9-7-15(3-4-20-9)12(17)10-2-1-8(16(18)19)5-11(10)14/h1-2,5,9H,3-4,6-7H2. The molecule has 0 N–H and O–H groups in total. The highest BCUT2D eigenvalue weighted by Crippen LogP contribution is 2.19. The molecule has 0 radical (unpaired) electrons. The van der Waals surface area contributed by atoms with Gasteiger partial charge >= 0.3 is 0 Å². The Morgan fingerprint density at radius 1 is 1.60 bits per heavy atom. The first kappa shape index (κ1) is 14.7. The van der Waals surface area contributed by atoms with E-state index in [4.69, 9.17) is 16.3 Å². The molecular formula is C12H12ClFN2O4. The Morgan fingerprint density at radius 2 is 2.35 bits per heavy atom. The van der Waals surface area contributed by atoms with Crippen LogP contribution in [0.5, 0.6) is 0 Å². The van der Waals surface area contributed by atoms with Gasteiger partial charge in [-0.2, -0.15) is 0 Å². The second-order valence-corrected chi connectivity index (χ2v) is 4.63. The monoisotopic (exact) mass is 302 g/mol. The van der Waals surface area contributed by atoms with Gasteiger partial charge in [0.1, 0.15) is 5.82 Å². The lowest BCUT2D eigenvalue weighted by Gasteiger charge is -2.32. The van der Waals surface area contributed by atoms with Crippen LogP contribution in [0.25, 0.3) is 0 Å². The highest BCUT2D eigenvalue weighted by molar-refractivity contribution is 6.18. The third kappa shape index (κ3) is 3.05. The predicted molar refractivity (Wildman–Crippen MR) is 69.4 cm³/mol. The van der Waals surface area contributed by atoms with Crippen LogP contribution in [0.2, 0.25) is 0 Å². The summed E-state index contributed by atoms with van der Waals surface area (Å²) in [6, 6.07) is 2.98. The van der Waals surface area contributed by atoms with Crippen molar-refractivity contribution in [3.63, 3.8) is 0 Å². The lowest BCUT2D eigenvalue weighted by atomic mass is 10.1. The van der Waals surface area contributed by atoms with Crippen molar-refractivity contribution < 1.29 is 18.8 Å². The second kappa shape index (κ2) is 6.15. The zero-order valence-electron chi connectivity index (χ0n) is 10.4. The summed E-state index contributed by atoms with van der Waals surface area (Å²) in [7, 11) is 0. The van der Waals surface area contributed by atoms with Crippen LogP contribution in [0, 0.1) is 15.9 Å². The highest BCUT2D eigenvalue weighted by Gasteiger charge is 2.26. The molecule has 1 unspecified atom stereocenters. The van der Waals surface area contributed by atoms with E-state index in [1.54, 1.807) is 0 Å². The van der Waals surface area contributed by atoms with Gasteiger partial charge in [0.15, 0.2) is 0 Å². The van der Waals surface area contributed by atoms with Gasteiger partial charge < -0.3 is 9.64 Å². The molecular weight excluding hydrogens is 291 g/mol. The van der Waals surface area contributed by atoms with E-state index in [9.17, 15) is 19.3 Å². The number of amides is 1. The molecule has 1 heterocycles. The molecule has 0 spiro atoms. The first-order valence-electron chi connectivity index (χ1n) is 5.93. The Bertz CT molecular complexity index is 540. The fraction of sp³-hybridized carbons (Fsp3) is 0.417. The summed E-state index contributed by atoms with van der Waals surface area (Å²) in [5, 5.41) is 10.5. The fourth-order valence-corrected chi connectivity index (χ4v) is 2.15. The number of halogens is 2. The van der Waals surface area contributed by atoms with E-state index in [2.05, 4.69) is 0 Å². The van der Waals surface area contributed by atoms with E-state index in [1.165, 1.54) is 4.90 Å². The number of rotatable bonds is 3. The van der Waals surface area contributed by atoms with Crippen LogP contribution < -0.4 is 0 Å². The van der Waals surface area contributed by atoms with E-state index >= 15 is 0 Å². The Labute approximate surface area is 119 Å². The van der Waals surface area contributed by atoms with Crippen LogP contribution in [-0.2, 0) is 4.74 Å². The zero-order valence-corrected chi connectivity index (χ0v) is 11.2. The number of hydrogen-bond acceptors (Lipinski definition) is 4. The molecule has 1 amide bonds. The van der Waals surface area contributed by atoms with Crippen molar-refractivity contribution in [2.75, 3.05) is 25.6 Å². The largest absolute Gasteiger partial charge is 0.373 e. The molecule has 1 aromatic carbocycles. The van der Waals surface area contributed by atoms with E-state index in [0.717, 1.165) is 18.2 Å². The van der Waals surface area contributed by atoms with Crippen LogP contribution in [0.3, 0.4) is 0 Å². The number of alkyl halides is 1. The second-order valence-electron chi connectivity index (χ2n) is 4.32. The normalized spacial score (nSPS) is 18.9. The molecule has 1 aromatic rings. The summed E-state index contributed by atoms with van der Waals surface area (Å²) in [5.41, 5.74) is -0.578. The third-order valence-corrected chi connectivity index (χ3v) is 3.34. The first-order chi connectivity index (χ1) is 9.52. The number of nitrogens with zero attached hydrogens (tertiary/aromatic N) is 2. The van der Waals surface area contributed by atoms with Gasteiger partial charge in [0.2, 0.25) is 0 Å². The zero-order chi connectivity index (χ0) is 14.7. The van der Waals surface area contributed by atoms with E-state index in [1.807, 2.05) is 0 Å². The van der Waals surface area contributed by atoms with Crippen molar-refractivity contribution >= 4 is 23.2 Å². The summed E-state index contributed by atoms with van der Waals surface area (Å²) < 4.78 is 19.1. The minimum atomic E-state index is -0.905. The summed E-state index contributed by atoms with van der Waals surface area (Å²) >= 11 is 5.67. The maximum Gasteiger partial charge on any atom is 0.272 e. The fourth-order valence-electron chi connectivity index (χ4n) is 1.96. The number of carbonyl (C=O) groups excluding carboxylic acids is 1. The number of ether oxygens (including phenoxy) is 1. The summed E-state index contributed by atoms with van der Waals surface area (Å²) in [6.07, 6.45) is -0.282. The SMILES string of the molecule is O=C(c1ccc([N+](=O)[O-])cc1F)N1CCOC(CCl)C1. The number of nitro groups is 1. The molecule has 20 heavy (non-hydrogen) atoms. The summed E-state index contributed by atoms with van der Waals surface area (Å²) in [4.78, 5) is 23.4. The first-order valence-corrected chi connectivity index (χ1v) is 6.47. The van der Waals surface area contributed by atoms with Crippen LogP contribution in [0.4, 0.5) is 10.1 Å². The van der Waals surface area contributed by atoms with Crippen LogP contribution in [0.15, 0.2) is 18.2 Å². The molecule has 2 rings (SSSR count). The lowest BCUT2D eigenvalue weighted by Crippen LogP contribution is -2.46. The van der Waals surface area contributed by atoms with Crippen molar-refractivity contribution in [3.8, 4) is 0 Å². The summed E-state index contributed by atoms with van der Waals surface area (Å²) in [6.45, 7) is 0.944. The van der Waals surface area contributed by atoms with Gasteiger partial charge in [0.25, 0.3) is 11.6 Å². The topological polar surface area (TPSA) is 72.7 Å². The summed E-state index contributed by atoms with van der Waals surface area (Å²) in [5.74, 6) is -1.18. The van der Waals surface area contributed by atoms with E-state index < -0.39 is 16.6 Å². The predicted octanol–water partition coefficient (Wildman–Crippen LogP) is 1.81. The lowest BCUT2D eigenvalue weighted by molar-refractivity contribution is -0.385. The van der Waals surface area contributed by atoms with Crippen molar-refractivity contribution in [1.29, 1.82) is 0 Å². The highest BCUT2D eigenvalue weighted by atomic mass is 35.5. The van der Waals surface area contributed by atoms with Gasteiger partial charge in [-0.25, -0.2) is 4.39 Å². The molecule has 1 aliphatic heterocycles. The minimum Gasteiger partial charge on any atom is -0.373 e.